The molecule has 0 aliphatic heterocycles. The molecule has 14 heavy (non-hydrogen) atoms. The van der Waals surface area contributed by atoms with Crippen LogP contribution in [0.5, 0.6) is 0 Å². The van der Waals surface area contributed by atoms with E-state index in [-0.39, 0.29) is 5.91 Å². The molecule has 0 aliphatic rings. The third-order valence-electron chi connectivity index (χ3n) is 2.18. The van der Waals surface area contributed by atoms with E-state index in [9.17, 15) is 9.59 Å². The fourth-order valence-corrected chi connectivity index (χ4v) is 1.71. The van der Waals surface area contributed by atoms with E-state index in [1.54, 1.807) is 0 Å². The van der Waals surface area contributed by atoms with Crippen molar-refractivity contribution in [3.63, 3.8) is 0 Å². The summed E-state index contributed by atoms with van der Waals surface area (Å²) in [6.45, 7) is 5.17. The molecule has 0 aromatic heterocycles. The minimum atomic E-state index is -1.06. The zero-order chi connectivity index (χ0) is 11.2. The van der Waals surface area contributed by atoms with Crippen LogP contribution in [0.1, 0.15) is 46.5 Å². The maximum absolute atomic E-state index is 11.1. The number of hydrogen-bond acceptors (Lipinski definition) is 2. The van der Waals surface area contributed by atoms with Crippen molar-refractivity contribution in [1.29, 1.82) is 0 Å². The Hall–Kier alpha value is -1.06. The lowest BCUT2D eigenvalue weighted by atomic mass is 9.88. The Labute approximate surface area is 84.7 Å². The van der Waals surface area contributed by atoms with Crippen LogP contribution in [0.25, 0.3) is 0 Å². The third kappa shape index (κ3) is 3.36. The zero-order valence-electron chi connectivity index (χ0n) is 9.09. The van der Waals surface area contributed by atoms with E-state index in [1.807, 2.05) is 13.8 Å². The Kier molecular flexibility index (Phi) is 5.20. The second-order valence-corrected chi connectivity index (χ2v) is 3.57. The van der Waals surface area contributed by atoms with Gasteiger partial charge in [-0.05, 0) is 12.8 Å². The van der Waals surface area contributed by atoms with E-state index >= 15 is 0 Å². The molecule has 0 rings (SSSR count). The summed E-state index contributed by atoms with van der Waals surface area (Å²) in [6, 6.07) is 0. The van der Waals surface area contributed by atoms with Gasteiger partial charge in [0.1, 0.15) is 5.54 Å². The van der Waals surface area contributed by atoms with Crippen LogP contribution in [0.3, 0.4) is 0 Å². The molecule has 0 saturated heterocycles. The van der Waals surface area contributed by atoms with E-state index in [2.05, 4.69) is 5.32 Å². The SMILES string of the molecule is CCCC(CCC)(NC(C)=O)C(=O)O. The van der Waals surface area contributed by atoms with Crippen LogP contribution in [-0.4, -0.2) is 22.5 Å². The van der Waals surface area contributed by atoms with Crippen molar-refractivity contribution in [2.75, 3.05) is 0 Å². The number of hydrogen-bond donors (Lipinski definition) is 2. The highest BCUT2D eigenvalue weighted by Gasteiger charge is 2.37. The normalized spacial score (nSPS) is 11.1. The molecule has 0 heterocycles. The Balaban J connectivity index is 4.73. The Bertz CT molecular complexity index is 207. The van der Waals surface area contributed by atoms with Gasteiger partial charge in [-0.25, -0.2) is 4.79 Å². The standard InChI is InChI=1S/C10H19NO3/c1-4-6-10(7-5-2,9(13)14)11-8(3)12/h4-7H2,1-3H3,(H,11,12)(H,13,14). The number of nitrogens with one attached hydrogen (secondary N) is 1. The molecule has 4 nitrogen and oxygen atoms in total. The molecule has 0 aliphatic carbocycles. The molecule has 0 aromatic rings. The van der Waals surface area contributed by atoms with Gasteiger partial charge in [0, 0.05) is 6.92 Å². The first-order chi connectivity index (χ1) is 6.48. The van der Waals surface area contributed by atoms with Crippen molar-refractivity contribution in [2.24, 2.45) is 0 Å². The molecule has 1 amide bonds. The number of aliphatic carboxylic acids is 1. The van der Waals surface area contributed by atoms with Crippen molar-refractivity contribution >= 4 is 11.9 Å². The van der Waals surface area contributed by atoms with Crippen LogP contribution in [0.15, 0.2) is 0 Å². The number of carbonyl (C=O) groups excluding carboxylic acids is 1. The monoisotopic (exact) mass is 201 g/mol. The smallest absolute Gasteiger partial charge is 0.329 e. The minimum absolute atomic E-state index is 0.283. The van der Waals surface area contributed by atoms with Gasteiger partial charge in [0.15, 0.2) is 0 Å². The van der Waals surface area contributed by atoms with Crippen LogP contribution in [0.4, 0.5) is 0 Å². The largest absolute Gasteiger partial charge is 0.480 e. The second-order valence-electron chi connectivity index (χ2n) is 3.57. The average Bonchev–Trinajstić information content (AvgIpc) is 2.03. The van der Waals surface area contributed by atoms with Crippen molar-refractivity contribution in [2.45, 2.75) is 52.0 Å². The summed E-state index contributed by atoms with van der Waals surface area (Å²) in [5, 5.41) is 11.7. The van der Waals surface area contributed by atoms with Crippen LogP contribution in [-0.2, 0) is 9.59 Å². The molecule has 82 valence electrons. The second kappa shape index (κ2) is 5.62. The molecule has 0 aromatic carbocycles. The van der Waals surface area contributed by atoms with Gasteiger partial charge in [-0.1, -0.05) is 26.7 Å². The molecule has 0 saturated carbocycles. The van der Waals surface area contributed by atoms with Crippen molar-refractivity contribution in [1.82, 2.24) is 5.32 Å². The van der Waals surface area contributed by atoms with Gasteiger partial charge in [0.25, 0.3) is 0 Å². The fraction of sp³-hybridized carbons (Fsp3) is 0.800. The van der Waals surface area contributed by atoms with E-state index in [0.717, 1.165) is 12.8 Å². The Morgan fingerprint density at radius 1 is 1.21 bits per heavy atom. The van der Waals surface area contributed by atoms with Gasteiger partial charge in [0.05, 0.1) is 0 Å². The molecule has 4 heteroatoms. The minimum Gasteiger partial charge on any atom is -0.480 e. The summed E-state index contributed by atoms with van der Waals surface area (Å²) < 4.78 is 0. The van der Waals surface area contributed by atoms with E-state index in [0.29, 0.717) is 12.8 Å². The molecule has 0 atom stereocenters. The topological polar surface area (TPSA) is 66.4 Å². The summed E-state index contributed by atoms with van der Waals surface area (Å²) in [6.07, 6.45) is 2.45. The molecule has 0 unspecified atom stereocenters. The number of carboxylic acid groups (broad SMARTS) is 1. The maximum atomic E-state index is 11.1. The highest BCUT2D eigenvalue weighted by Crippen LogP contribution is 2.20. The lowest BCUT2D eigenvalue weighted by molar-refractivity contribution is -0.148. The predicted molar refractivity (Wildman–Crippen MR) is 54.0 cm³/mol. The average molecular weight is 201 g/mol. The van der Waals surface area contributed by atoms with Crippen LogP contribution >= 0.6 is 0 Å². The fourth-order valence-electron chi connectivity index (χ4n) is 1.71. The Morgan fingerprint density at radius 2 is 1.64 bits per heavy atom. The van der Waals surface area contributed by atoms with Crippen LogP contribution in [0, 0.1) is 0 Å². The lowest BCUT2D eigenvalue weighted by Crippen LogP contribution is -2.53. The molecule has 0 spiro atoms. The van der Waals surface area contributed by atoms with Gasteiger partial charge in [-0.15, -0.1) is 0 Å². The summed E-state index contributed by atoms with van der Waals surface area (Å²) >= 11 is 0. The van der Waals surface area contributed by atoms with Gasteiger partial charge in [-0.3, -0.25) is 4.79 Å². The summed E-state index contributed by atoms with van der Waals surface area (Å²) in [7, 11) is 0. The molecular formula is C10H19NO3. The van der Waals surface area contributed by atoms with E-state index in [1.165, 1.54) is 6.92 Å². The van der Waals surface area contributed by atoms with Gasteiger partial charge < -0.3 is 10.4 Å². The number of rotatable bonds is 6. The highest BCUT2D eigenvalue weighted by atomic mass is 16.4. The molecule has 2 N–H and O–H groups in total. The highest BCUT2D eigenvalue weighted by molar-refractivity contribution is 5.85. The number of amides is 1. The van der Waals surface area contributed by atoms with Crippen molar-refractivity contribution < 1.29 is 14.7 Å². The Morgan fingerprint density at radius 3 is 1.86 bits per heavy atom. The van der Waals surface area contributed by atoms with Crippen molar-refractivity contribution in [3.8, 4) is 0 Å². The first-order valence-electron chi connectivity index (χ1n) is 5.00. The van der Waals surface area contributed by atoms with Gasteiger partial charge in [0.2, 0.25) is 5.91 Å². The number of carbonyl (C=O) groups is 2. The summed E-state index contributed by atoms with van der Waals surface area (Å²) in [4.78, 5) is 22.1. The molecule has 0 radical (unpaired) electrons. The molecular weight excluding hydrogens is 182 g/mol. The first kappa shape index (κ1) is 12.9. The third-order valence-corrected chi connectivity index (χ3v) is 2.18. The maximum Gasteiger partial charge on any atom is 0.329 e. The zero-order valence-corrected chi connectivity index (χ0v) is 9.09. The number of carboxylic acids is 1. The molecule has 0 bridgehead atoms. The first-order valence-corrected chi connectivity index (χ1v) is 5.00. The van der Waals surface area contributed by atoms with E-state index < -0.39 is 11.5 Å². The summed E-state index contributed by atoms with van der Waals surface area (Å²) in [5.41, 5.74) is -1.06. The van der Waals surface area contributed by atoms with Crippen LogP contribution < -0.4 is 5.32 Å². The summed E-state index contributed by atoms with van der Waals surface area (Å²) in [5.74, 6) is -1.22. The van der Waals surface area contributed by atoms with Gasteiger partial charge in [-0.2, -0.15) is 0 Å². The van der Waals surface area contributed by atoms with Crippen LogP contribution in [0.2, 0.25) is 0 Å². The lowest BCUT2D eigenvalue weighted by Gasteiger charge is -2.29. The van der Waals surface area contributed by atoms with Gasteiger partial charge >= 0.3 is 5.97 Å². The van der Waals surface area contributed by atoms with Crippen molar-refractivity contribution in [3.05, 3.63) is 0 Å². The quantitative estimate of drug-likeness (QED) is 0.685. The van der Waals surface area contributed by atoms with E-state index in [4.69, 9.17) is 5.11 Å². The molecule has 0 fully saturated rings. The predicted octanol–water partition coefficient (Wildman–Crippen LogP) is 1.55.